The van der Waals surface area contributed by atoms with Crippen molar-refractivity contribution in [2.75, 3.05) is 32.7 Å². The number of nitrogens with one attached hydrogen (secondary N) is 1. The van der Waals surface area contributed by atoms with Crippen molar-refractivity contribution in [2.45, 2.75) is 57.5 Å². The highest BCUT2D eigenvalue weighted by Gasteiger charge is 2.33. The van der Waals surface area contributed by atoms with E-state index in [1.165, 1.54) is 25.7 Å². The first kappa shape index (κ1) is 24.3. The number of carbonyl (C=O) groups is 2. The molecular weight excluding hydrogens is 435 g/mol. The summed E-state index contributed by atoms with van der Waals surface area (Å²) in [5.41, 5.74) is 6.30. The summed E-state index contributed by atoms with van der Waals surface area (Å²) in [4.78, 5) is 30.0. The molecular formula is C23H34Cl2N4O2. The van der Waals surface area contributed by atoms with Gasteiger partial charge in [-0.3, -0.25) is 14.5 Å². The molecule has 1 heterocycles. The van der Waals surface area contributed by atoms with E-state index in [2.05, 4.69) is 17.1 Å². The van der Waals surface area contributed by atoms with Crippen LogP contribution in [0.3, 0.4) is 0 Å². The van der Waals surface area contributed by atoms with Crippen LogP contribution in [0.5, 0.6) is 0 Å². The van der Waals surface area contributed by atoms with Gasteiger partial charge in [0.15, 0.2) is 0 Å². The molecule has 6 nitrogen and oxygen atoms in total. The predicted molar refractivity (Wildman–Crippen MR) is 125 cm³/mol. The highest BCUT2D eigenvalue weighted by atomic mass is 35.5. The number of piperazine rings is 1. The summed E-state index contributed by atoms with van der Waals surface area (Å²) in [7, 11) is 0. The van der Waals surface area contributed by atoms with E-state index in [9.17, 15) is 9.59 Å². The summed E-state index contributed by atoms with van der Waals surface area (Å²) in [6.45, 7) is 5.71. The normalized spacial score (nSPS) is 23.4. The summed E-state index contributed by atoms with van der Waals surface area (Å²) in [6, 6.07) is 5.17. The predicted octanol–water partition coefficient (Wildman–Crippen LogP) is 3.09. The summed E-state index contributed by atoms with van der Waals surface area (Å²) in [6.07, 6.45) is 5.68. The van der Waals surface area contributed by atoms with Crippen molar-refractivity contribution in [1.29, 1.82) is 0 Å². The van der Waals surface area contributed by atoms with Gasteiger partial charge in [-0.1, -0.05) is 49.0 Å². The van der Waals surface area contributed by atoms with E-state index in [0.717, 1.165) is 18.7 Å². The van der Waals surface area contributed by atoms with E-state index in [1.54, 1.807) is 12.1 Å². The molecule has 2 amide bonds. The molecule has 1 aromatic rings. The van der Waals surface area contributed by atoms with Gasteiger partial charge in [0.1, 0.15) is 6.04 Å². The van der Waals surface area contributed by atoms with Gasteiger partial charge in [0, 0.05) is 61.7 Å². The molecule has 3 N–H and O–H groups in total. The maximum Gasteiger partial charge on any atom is 0.245 e. The monoisotopic (exact) mass is 468 g/mol. The third kappa shape index (κ3) is 6.58. The van der Waals surface area contributed by atoms with Gasteiger partial charge < -0.3 is 16.0 Å². The fourth-order valence-electron chi connectivity index (χ4n) is 4.84. The molecule has 0 aromatic heterocycles. The number of rotatable bonds is 7. The van der Waals surface area contributed by atoms with Crippen LogP contribution in [0.1, 0.15) is 44.6 Å². The van der Waals surface area contributed by atoms with Crippen molar-refractivity contribution in [3.05, 3.63) is 33.8 Å². The van der Waals surface area contributed by atoms with Gasteiger partial charge in [0.2, 0.25) is 11.8 Å². The van der Waals surface area contributed by atoms with Crippen molar-refractivity contribution >= 4 is 35.0 Å². The summed E-state index contributed by atoms with van der Waals surface area (Å²) in [5, 5.41) is 3.91. The van der Waals surface area contributed by atoms with E-state index in [4.69, 9.17) is 28.9 Å². The van der Waals surface area contributed by atoms with Crippen LogP contribution in [0.4, 0.5) is 0 Å². The van der Waals surface area contributed by atoms with E-state index in [-0.39, 0.29) is 24.8 Å². The van der Waals surface area contributed by atoms with Gasteiger partial charge in [0.25, 0.3) is 0 Å². The quantitative estimate of drug-likeness (QED) is 0.644. The number of hydrogen-bond acceptors (Lipinski definition) is 4. The van der Waals surface area contributed by atoms with Crippen molar-refractivity contribution in [3.8, 4) is 0 Å². The number of halogens is 2. The van der Waals surface area contributed by atoms with Crippen molar-refractivity contribution in [3.63, 3.8) is 0 Å². The minimum Gasteiger partial charge on any atom is -0.344 e. The average molecular weight is 469 g/mol. The summed E-state index contributed by atoms with van der Waals surface area (Å²) >= 11 is 12.3. The van der Waals surface area contributed by atoms with Gasteiger partial charge in [-0.2, -0.15) is 0 Å². The zero-order valence-corrected chi connectivity index (χ0v) is 19.8. The Bertz CT molecular complexity index is 768. The molecule has 3 rings (SSSR count). The molecule has 172 valence electrons. The molecule has 0 radical (unpaired) electrons. The Hall–Kier alpha value is -1.34. The third-order valence-electron chi connectivity index (χ3n) is 6.61. The van der Waals surface area contributed by atoms with Crippen LogP contribution in [-0.4, -0.2) is 66.4 Å². The van der Waals surface area contributed by atoms with E-state index >= 15 is 0 Å². The molecule has 0 spiro atoms. The molecule has 1 unspecified atom stereocenters. The van der Waals surface area contributed by atoms with Crippen LogP contribution in [0.25, 0.3) is 0 Å². The van der Waals surface area contributed by atoms with Crippen LogP contribution in [0.15, 0.2) is 18.2 Å². The first-order chi connectivity index (χ1) is 14.9. The Kier molecular flexibility index (Phi) is 9.02. The fraction of sp³-hybridized carbons (Fsp3) is 0.652. The zero-order chi connectivity index (χ0) is 22.4. The molecule has 0 bridgehead atoms. The lowest BCUT2D eigenvalue weighted by Gasteiger charge is -2.44. The van der Waals surface area contributed by atoms with Crippen LogP contribution in [0, 0.1) is 5.92 Å². The number of carbonyl (C=O) groups excluding carboxylic acids is 2. The van der Waals surface area contributed by atoms with Gasteiger partial charge in [-0.15, -0.1) is 0 Å². The lowest BCUT2D eigenvalue weighted by molar-refractivity contribution is -0.138. The Balaban J connectivity index is 1.65. The molecule has 1 saturated carbocycles. The van der Waals surface area contributed by atoms with Crippen LogP contribution in [-0.2, 0) is 16.0 Å². The Morgan fingerprint density at radius 1 is 1.16 bits per heavy atom. The number of nitrogens with two attached hydrogens (primary N) is 1. The fourth-order valence-corrected chi connectivity index (χ4v) is 5.32. The minimum atomic E-state index is -0.669. The van der Waals surface area contributed by atoms with Crippen LogP contribution in [0.2, 0.25) is 10.0 Å². The second kappa shape index (κ2) is 11.5. The lowest BCUT2D eigenvalue weighted by atomic mass is 9.84. The molecule has 1 aromatic carbocycles. The average Bonchev–Trinajstić information content (AvgIpc) is 2.75. The highest BCUT2D eigenvalue weighted by Crippen LogP contribution is 2.29. The maximum absolute atomic E-state index is 13.4. The van der Waals surface area contributed by atoms with E-state index in [1.807, 2.05) is 11.0 Å². The highest BCUT2D eigenvalue weighted by molar-refractivity contribution is 6.35. The van der Waals surface area contributed by atoms with Gasteiger partial charge in [-0.25, -0.2) is 0 Å². The van der Waals surface area contributed by atoms with E-state index in [0.29, 0.717) is 41.5 Å². The number of nitrogens with zero attached hydrogens (tertiary/aromatic N) is 2. The number of amides is 2. The summed E-state index contributed by atoms with van der Waals surface area (Å²) in [5.74, 6) is 0.430. The van der Waals surface area contributed by atoms with E-state index < -0.39 is 6.04 Å². The summed E-state index contributed by atoms with van der Waals surface area (Å²) < 4.78 is 0. The maximum atomic E-state index is 13.4. The first-order valence-corrected chi connectivity index (χ1v) is 12.1. The first-order valence-electron chi connectivity index (χ1n) is 11.3. The molecule has 2 fully saturated rings. The smallest absolute Gasteiger partial charge is 0.245 e. The van der Waals surface area contributed by atoms with Gasteiger partial charge >= 0.3 is 0 Å². The standard InChI is InChI=1S/C23H34Cl2N4O2/c1-16-4-2-3-5-21(16)28-10-12-29(13-11-28)23(31)20(27-22(30)8-9-26)14-17-6-7-18(24)15-19(17)25/h6-7,15-16,20-21H,2-5,8-14,26H2,1H3,(H,27,30)/t16-,20?,21-/m1/s1. The number of hydrogen-bond donors (Lipinski definition) is 2. The molecule has 1 aliphatic heterocycles. The van der Waals surface area contributed by atoms with Crippen molar-refractivity contribution < 1.29 is 9.59 Å². The molecule has 1 aliphatic carbocycles. The molecule has 8 heteroatoms. The third-order valence-corrected chi connectivity index (χ3v) is 7.19. The molecule has 2 aliphatic rings. The second-order valence-electron chi connectivity index (χ2n) is 8.79. The van der Waals surface area contributed by atoms with Gasteiger partial charge in [-0.05, 0) is 36.5 Å². The van der Waals surface area contributed by atoms with Crippen LogP contribution >= 0.6 is 23.2 Å². The second-order valence-corrected chi connectivity index (χ2v) is 9.63. The number of benzene rings is 1. The van der Waals surface area contributed by atoms with Crippen molar-refractivity contribution in [2.24, 2.45) is 11.7 Å². The lowest BCUT2D eigenvalue weighted by Crippen LogP contribution is -2.58. The SMILES string of the molecule is C[C@@H]1CCCC[C@H]1N1CCN(C(=O)C(Cc2ccc(Cl)cc2Cl)NC(=O)CCN)CC1. The largest absolute Gasteiger partial charge is 0.344 e. The molecule has 31 heavy (non-hydrogen) atoms. The molecule has 3 atom stereocenters. The van der Waals surface area contributed by atoms with Crippen molar-refractivity contribution in [1.82, 2.24) is 15.1 Å². The molecule has 1 saturated heterocycles. The zero-order valence-electron chi connectivity index (χ0n) is 18.3. The minimum absolute atomic E-state index is 0.0623. The Morgan fingerprint density at radius 2 is 1.87 bits per heavy atom. The van der Waals surface area contributed by atoms with Crippen LogP contribution < -0.4 is 11.1 Å². The van der Waals surface area contributed by atoms with Gasteiger partial charge in [0.05, 0.1) is 0 Å². The Morgan fingerprint density at radius 3 is 2.52 bits per heavy atom. The Labute approximate surface area is 195 Å². The topological polar surface area (TPSA) is 78.7 Å².